The van der Waals surface area contributed by atoms with Gasteiger partial charge in [0, 0.05) is 36.4 Å². The molecule has 3 rings (SSSR count). The van der Waals surface area contributed by atoms with Crippen molar-refractivity contribution in [1.29, 1.82) is 0 Å². The highest BCUT2D eigenvalue weighted by molar-refractivity contribution is 5.91. The molecule has 5 nitrogen and oxygen atoms in total. The van der Waals surface area contributed by atoms with Gasteiger partial charge in [-0.2, -0.15) is 0 Å². The third kappa shape index (κ3) is 3.58. The summed E-state index contributed by atoms with van der Waals surface area (Å²) in [6, 6.07) is 6.86. The molecule has 1 unspecified atom stereocenters. The van der Waals surface area contributed by atoms with Crippen LogP contribution in [0.25, 0.3) is 10.9 Å². The number of halogens is 1. The van der Waals surface area contributed by atoms with Gasteiger partial charge in [-0.05, 0) is 51.5 Å². The maximum Gasteiger partial charge on any atom is 0.410 e. The number of nitrogens with one attached hydrogen (secondary N) is 1. The minimum atomic E-state index is -0.499. The molecule has 0 aliphatic carbocycles. The molecule has 0 spiro atoms. The number of carbonyl (C=O) groups is 1. The molecule has 1 N–H and O–H groups in total. The zero-order valence-corrected chi connectivity index (χ0v) is 14.2. The van der Waals surface area contributed by atoms with Crippen LogP contribution < -0.4 is 5.32 Å². The fourth-order valence-electron chi connectivity index (χ4n) is 2.85. The number of benzene rings is 1. The van der Waals surface area contributed by atoms with E-state index in [0.29, 0.717) is 18.6 Å². The van der Waals surface area contributed by atoms with Crippen LogP contribution in [-0.2, 0) is 4.74 Å². The maximum absolute atomic E-state index is 13.8. The summed E-state index contributed by atoms with van der Waals surface area (Å²) in [4.78, 5) is 17.9. The number of anilines is 1. The molecule has 0 radical (unpaired) electrons. The van der Waals surface area contributed by atoms with Gasteiger partial charge in [-0.1, -0.05) is 0 Å². The zero-order chi connectivity index (χ0) is 17.3. The number of ether oxygens (including phenoxy) is 1. The molecule has 1 saturated heterocycles. The van der Waals surface area contributed by atoms with Crippen molar-refractivity contribution in [3.63, 3.8) is 0 Å². The van der Waals surface area contributed by atoms with Gasteiger partial charge in [-0.25, -0.2) is 9.18 Å². The smallest absolute Gasteiger partial charge is 0.410 e. The molecule has 1 amide bonds. The van der Waals surface area contributed by atoms with E-state index in [1.165, 1.54) is 6.07 Å². The molecule has 1 aliphatic rings. The summed E-state index contributed by atoms with van der Waals surface area (Å²) in [7, 11) is 0. The summed E-state index contributed by atoms with van der Waals surface area (Å²) in [5.74, 6) is -0.335. The molecule has 1 fully saturated rings. The van der Waals surface area contributed by atoms with Gasteiger partial charge in [-0.15, -0.1) is 0 Å². The van der Waals surface area contributed by atoms with Gasteiger partial charge in [0.1, 0.15) is 16.9 Å². The number of carbonyl (C=O) groups excluding carboxylic acids is 1. The minimum Gasteiger partial charge on any atom is -0.444 e. The van der Waals surface area contributed by atoms with E-state index in [1.54, 1.807) is 23.2 Å². The van der Waals surface area contributed by atoms with Gasteiger partial charge in [0.25, 0.3) is 0 Å². The molecule has 0 bridgehead atoms. The lowest BCUT2D eigenvalue weighted by molar-refractivity contribution is 0.0293. The molecule has 6 heteroatoms. The number of pyridine rings is 1. The molecular formula is C18H22FN3O2. The van der Waals surface area contributed by atoms with Crippen molar-refractivity contribution in [1.82, 2.24) is 9.88 Å². The normalized spacial score (nSPS) is 18.0. The summed E-state index contributed by atoms with van der Waals surface area (Å²) in [6.07, 6.45) is 2.10. The average Bonchev–Trinajstić information content (AvgIpc) is 2.98. The second-order valence-corrected chi connectivity index (χ2v) is 7.05. The van der Waals surface area contributed by atoms with Gasteiger partial charge in [0.15, 0.2) is 0 Å². The summed E-state index contributed by atoms with van der Waals surface area (Å²) in [6.45, 7) is 6.77. The van der Waals surface area contributed by atoms with Crippen molar-refractivity contribution >= 4 is 22.7 Å². The minimum absolute atomic E-state index is 0.103. The zero-order valence-electron chi connectivity index (χ0n) is 14.2. The number of hydrogen-bond acceptors (Lipinski definition) is 4. The van der Waals surface area contributed by atoms with Crippen molar-refractivity contribution in [2.45, 2.75) is 38.8 Å². The number of likely N-dealkylation sites (tertiary alicyclic amines) is 1. The highest BCUT2D eigenvalue weighted by Gasteiger charge is 2.30. The van der Waals surface area contributed by atoms with Gasteiger partial charge >= 0.3 is 6.09 Å². The Kier molecular flexibility index (Phi) is 4.30. The molecule has 1 aromatic carbocycles. The predicted molar refractivity (Wildman–Crippen MR) is 91.5 cm³/mol. The van der Waals surface area contributed by atoms with E-state index in [2.05, 4.69) is 10.3 Å². The van der Waals surface area contributed by atoms with Gasteiger partial charge in [-0.3, -0.25) is 4.98 Å². The number of aromatic nitrogens is 1. The van der Waals surface area contributed by atoms with E-state index in [-0.39, 0.29) is 18.0 Å². The molecule has 1 aliphatic heterocycles. The predicted octanol–water partition coefficient (Wildman–Crippen LogP) is 3.80. The highest BCUT2D eigenvalue weighted by atomic mass is 19.1. The summed E-state index contributed by atoms with van der Waals surface area (Å²) in [5.41, 5.74) is 0.682. The fraction of sp³-hybridized carbons (Fsp3) is 0.444. The lowest BCUT2D eigenvalue weighted by Crippen LogP contribution is -2.36. The monoisotopic (exact) mass is 331 g/mol. The molecule has 128 valence electrons. The first kappa shape index (κ1) is 16.5. The lowest BCUT2D eigenvalue weighted by atomic mass is 10.1. The van der Waals surface area contributed by atoms with Crippen LogP contribution in [0, 0.1) is 5.82 Å². The summed E-state index contributed by atoms with van der Waals surface area (Å²) in [5, 5.41) is 4.15. The Morgan fingerprint density at radius 1 is 1.38 bits per heavy atom. The first-order valence-corrected chi connectivity index (χ1v) is 8.11. The third-order valence-corrected chi connectivity index (χ3v) is 3.92. The van der Waals surface area contributed by atoms with Crippen LogP contribution >= 0.6 is 0 Å². The van der Waals surface area contributed by atoms with Crippen LogP contribution in [0.15, 0.2) is 30.5 Å². The third-order valence-electron chi connectivity index (χ3n) is 3.92. The Morgan fingerprint density at radius 2 is 2.17 bits per heavy atom. The van der Waals surface area contributed by atoms with Crippen LogP contribution in [0.5, 0.6) is 0 Å². The van der Waals surface area contributed by atoms with E-state index >= 15 is 0 Å². The van der Waals surface area contributed by atoms with Crippen molar-refractivity contribution in [3.8, 4) is 0 Å². The van der Waals surface area contributed by atoms with E-state index in [0.717, 1.165) is 17.5 Å². The van der Waals surface area contributed by atoms with Gasteiger partial charge < -0.3 is 15.0 Å². The standard InChI is InChI=1S/C18H22FN3O2/c1-18(2,3)24-17(23)22-10-8-12(11-22)21-15-7-6-14(19)16-13(15)5-4-9-20-16/h4-7,9,12,21H,8,10-11H2,1-3H3. The molecule has 24 heavy (non-hydrogen) atoms. The molecule has 0 saturated carbocycles. The topological polar surface area (TPSA) is 54.5 Å². The van der Waals surface area contributed by atoms with Crippen molar-refractivity contribution in [2.24, 2.45) is 0 Å². The molecule has 1 atom stereocenters. The number of rotatable bonds is 2. The van der Waals surface area contributed by atoms with E-state index in [1.807, 2.05) is 26.8 Å². The fourth-order valence-corrected chi connectivity index (χ4v) is 2.85. The largest absolute Gasteiger partial charge is 0.444 e. The summed E-state index contributed by atoms with van der Waals surface area (Å²) >= 11 is 0. The first-order valence-electron chi connectivity index (χ1n) is 8.11. The van der Waals surface area contributed by atoms with E-state index in [9.17, 15) is 9.18 Å². The SMILES string of the molecule is CC(C)(C)OC(=O)N1CCC(Nc2ccc(F)c3ncccc23)C1. The first-order chi connectivity index (χ1) is 11.3. The molecule has 1 aromatic heterocycles. The Balaban J connectivity index is 1.70. The number of nitrogens with zero attached hydrogens (tertiary/aromatic N) is 2. The Hall–Kier alpha value is -2.37. The van der Waals surface area contributed by atoms with Crippen molar-refractivity contribution in [3.05, 3.63) is 36.3 Å². The molecular weight excluding hydrogens is 309 g/mol. The van der Waals surface area contributed by atoms with Crippen molar-refractivity contribution < 1.29 is 13.9 Å². The number of amides is 1. The van der Waals surface area contributed by atoms with E-state index in [4.69, 9.17) is 4.74 Å². The highest BCUT2D eigenvalue weighted by Crippen LogP contribution is 2.26. The second-order valence-electron chi connectivity index (χ2n) is 7.05. The quantitative estimate of drug-likeness (QED) is 0.909. The second kappa shape index (κ2) is 6.26. The van der Waals surface area contributed by atoms with Crippen LogP contribution in [-0.4, -0.2) is 40.7 Å². The van der Waals surface area contributed by atoms with Crippen LogP contribution in [0.1, 0.15) is 27.2 Å². The Bertz CT molecular complexity index is 758. The van der Waals surface area contributed by atoms with Crippen LogP contribution in [0.4, 0.5) is 14.9 Å². The lowest BCUT2D eigenvalue weighted by Gasteiger charge is -2.24. The molecule has 2 aromatic rings. The van der Waals surface area contributed by atoms with E-state index < -0.39 is 5.60 Å². The van der Waals surface area contributed by atoms with Crippen molar-refractivity contribution in [2.75, 3.05) is 18.4 Å². The summed E-state index contributed by atoms with van der Waals surface area (Å²) < 4.78 is 19.3. The Labute approximate surface area is 140 Å². The number of fused-ring (bicyclic) bond motifs is 1. The van der Waals surface area contributed by atoms with Crippen LogP contribution in [0.3, 0.4) is 0 Å². The average molecular weight is 331 g/mol. The van der Waals surface area contributed by atoms with Crippen LogP contribution in [0.2, 0.25) is 0 Å². The maximum atomic E-state index is 13.8. The molecule has 2 heterocycles. The Morgan fingerprint density at radius 3 is 2.92 bits per heavy atom. The number of hydrogen-bond donors (Lipinski definition) is 1. The van der Waals surface area contributed by atoms with Gasteiger partial charge in [0.05, 0.1) is 0 Å². The van der Waals surface area contributed by atoms with Gasteiger partial charge in [0.2, 0.25) is 0 Å².